The third-order valence-corrected chi connectivity index (χ3v) is 3.55. The van der Waals surface area contributed by atoms with Crippen molar-refractivity contribution in [2.24, 2.45) is 0 Å². The molecule has 0 saturated carbocycles. The van der Waals surface area contributed by atoms with Gasteiger partial charge in [-0.1, -0.05) is 24.3 Å². The Morgan fingerprint density at radius 3 is 2.40 bits per heavy atom. The van der Waals surface area contributed by atoms with Crippen LogP contribution in [-0.2, 0) is 6.54 Å². The molecule has 0 unspecified atom stereocenters. The first-order valence-corrected chi connectivity index (χ1v) is 7.29. The van der Waals surface area contributed by atoms with Crippen molar-refractivity contribution in [3.8, 4) is 11.6 Å². The van der Waals surface area contributed by atoms with Gasteiger partial charge in [-0.15, -0.1) is 5.10 Å². The fourth-order valence-corrected chi connectivity index (χ4v) is 2.32. The van der Waals surface area contributed by atoms with Crippen molar-refractivity contribution >= 4 is 0 Å². The molecule has 1 aromatic heterocycles. The number of rotatable bonds is 4. The summed E-state index contributed by atoms with van der Waals surface area (Å²) in [4.78, 5) is 25.0. The second-order valence-corrected chi connectivity index (χ2v) is 5.18. The van der Waals surface area contributed by atoms with Crippen molar-refractivity contribution in [2.45, 2.75) is 6.54 Å². The number of hydrogen-bond acceptors (Lipinski definition) is 4. The number of methoxy groups -OCH3 is 1. The fraction of sp³-hybridized carbons (Fsp3) is 0.118. The van der Waals surface area contributed by atoms with Crippen LogP contribution in [0.1, 0.15) is 5.56 Å². The minimum atomic E-state index is -1.06. The lowest BCUT2D eigenvalue weighted by Crippen LogP contribution is -2.41. The van der Waals surface area contributed by atoms with E-state index < -0.39 is 22.9 Å². The molecule has 0 aliphatic carbocycles. The van der Waals surface area contributed by atoms with Crippen LogP contribution in [0.15, 0.2) is 58.1 Å². The van der Waals surface area contributed by atoms with Crippen molar-refractivity contribution in [3.05, 3.63) is 86.6 Å². The van der Waals surface area contributed by atoms with Crippen LogP contribution >= 0.6 is 0 Å². The Morgan fingerprint density at radius 2 is 1.76 bits per heavy atom. The zero-order valence-corrected chi connectivity index (χ0v) is 13.1. The molecule has 25 heavy (non-hydrogen) atoms. The van der Waals surface area contributed by atoms with E-state index in [9.17, 15) is 18.4 Å². The van der Waals surface area contributed by atoms with Gasteiger partial charge in [-0.2, -0.15) is 4.68 Å². The zero-order chi connectivity index (χ0) is 18.0. The Balaban J connectivity index is 2.17. The lowest BCUT2D eigenvalue weighted by Gasteiger charge is -2.11. The van der Waals surface area contributed by atoms with Gasteiger partial charge in [-0.05, 0) is 29.8 Å². The second kappa shape index (κ2) is 6.68. The Labute approximate surface area is 140 Å². The number of benzene rings is 2. The summed E-state index contributed by atoms with van der Waals surface area (Å²) in [6.07, 6.45) is 0. The highest BCUT2D eigenvalue weighted by atomic mass is 19.2. The van der Waals surface area contributed by atoms with Crippen LogP contribution in [0, 0.1) is 11.6 Å². The van der Waals surface area contributed by atoms with Gasteiger partial charge < -0.3 is 4.74 Å². The molecule has 0 aliphatic rings. The molecular weight excluding hydrogens is 332 g/mol. The van der Waals surface area contributed by atoms with Crippen LogP contribution in [0.5, 0.6) is 5.88 Å². The molecule has 0 bridgehead atoms. The van der Waals surface area contributed by atoms with E-state index in [1.165, 1.54) is 13.2 Å². The molecule has 3 aromatic rings. The van der Waals surface area contributed by atoms with Gasteiger partial charge in [-0.25, -0.2) is 18.1 Å². The second-order valence-electron chi connectivity index (χ2n) is 5.18. The van der Waals surface area contributed by atoms with Crippen LogP contribution in [0.3, 0.4) is 0 Å². The Hall–Kier alpha value is -3.29. The van der Waals surface area contributed by atoms with E-state index in [2.05, 4.69) is 5.10 Å². The summed E-state index contributed by atoms with van der Waals surface area (Å²) in [5.41, 5.74) is -0.790. The van der Waals surface area contributed by atoms with E-state index >= 15 is 0 Å². The van der Waals surface area contributed by atoms with E-state index in [1.54, 1.807) is 30.3 Å². The maximum atomic E-state index is 13.4. The summed E-state index contributed by atoms with van der Waals surface area (Å²) in [7, 11) is 1.26. The first kappa shape index (κ1) is 16.6. The summed E-state index contributed by atoms with van der Waals surface area (Å²) in [6, 6.07) is 11.6. The minimum absolute atomic E-state index is 0.249. The van der Waals surface area contributed by atoms with Gasteiger partial charge in [0.25, 0.3) is 5.88 Å². The minimum Gasteiger partial charge on any atom is -0.476 e. The highest BCUT2D eigenvalue weighted by molar-refractivity contribution is 5.30. The molecular formula is C17H13F2N3O3. The largest absolute Gasteiger partial charge is 0.476 e. The number of aromatic nitrogens is 3. The molecule has 6 nitrogen and oxygen atoms in total. The Bertz CT molecular complexity index is 1030. The van der Waals surface area contributed by atoms with Gasteiger partial charge in [-0.3, -0.25) is 4.79 Å². The molecule has 8 heteroatoms. The van der Waals surface area contributed by atoms with Gasteiger partial charge in [0, 0.05) is 0 Å². The SMILES string of the molecule is COc1nn(-c2ccccc2)c(=O)n(Cc2ccc(F)c(F)c2)c1=O. The number of nitrogens with zero attached hydrogens (tertiary/aromatic N) is 3. The third-order valence-electron chi connectivity index (χ3n) is 3.55. The third kappa shape index (κ3) is 3.18. The zero-order valence-electron chi connectivity index (χ0n) is 13.1. The molecule has 0 N–H and O–H groups in total. The average molecular weight is 345 g/mol. The molecule has 0 fully saturated rings. The van der Waals surface area contributed by atoms with Crippen molar-refractivity contribution in [1.29, 1.82) is 0 Å². The van der Waals surface area contributed by atoms with E-state index in [0.29, 0.717) is 5.69 Å². The molecule has 3 rings (SSSR count). The first-order valence-electron chi connectivity index (χ1n) is 7.29. The molecule has 128 valence electrons. The maximum Gasteiger partial charge on any atom is 0.352 e. The van der Waals surface area contributed by atoms with Gasteiger partial charge in [0.1, 0.15) is 0 Å². The van der Waals surface area contributed by atoms with Crippen LogP contribution in [0.2, 0.25) is 0 Å². The molecule has 0 spiro atoms. The van der Waals surface area contributed by atoms with E-state index in [1.807, 2.05) is 0 Å². The van der Waals surface area contributed by atoms with Crippen LogP contribution in [0.4, 0.5) is 8.78 Å². The molecule has 0 saturated heterocycles. The van der Waals surface area contributed by atoms with E-state index in [4.69, 9.17) is 4.74 Å². The molecule has 0 atom stereocenters. The summed E-state index contributed by atoms with van der Waals surface area (Å²) >= 11 is 0. The van der Waals surface area contributed by atoms with E-state index in [0.717, 1.165) is 21.4 Å². The van der Waals surface area contributed by atoms with Gasteiger partial charge in [0.05, 0.1) is 19.3 Å². The summed E-state index contributed by atoms with van der Waals surface area (Å²) < 4.78 is 33.3. The van der Waals surface area contributed by atoms with Gasteiger partial charge >= 0.3 is 11.2 Å². The molecule has 2 aromatic carbocycles. The average Bonchev–Trinajstić information content (AvgIpc) is 2.62. The summed E-state index contributed by atoms with van der Waals surface area (Å²) in [5.74, 6) is -2.36. The number of halogens is 2. The maximum absolute atomic E-state index is 13.4. The van der Waals surface area contributed by atoms with Crippen LogP contribution in [-0.4, -0.2) is 21.5 Å². The van der Waals surface area contributed by atoms with Crippen molar-refractivity contribution in [1.82, 2.24) is 14.3 Å². The van der Waals surface area contributed by atoms with Crippen LogP contribution in [0.25, 0.3) is 5.69 Å². The fourth-order valence-electron chi connectivity index (χ4n) is 2.32. The van der Waals surface area contributed by atoms with Crippen molar-refractivity contribution < 1.29 is 13.5 Å². The quantitative estimate of drug-likeness (QED) is 0.722. The molecule has 0 radical (unpaired) electrons. The van der Waals surface area contributed by atoms with Crippen molar-refractivity contribution in [2.75, 3.05) is 7.11 Å². The highest BCUT2D eigenvalue weighted by Crippen LogP contribution is 2.10. The normalized spacial score (nSPS) is 10.7. The van der Waals surface area contributed by atoms with Gasteiger partial charge in [0.15, 0.2) is 11.6 Å². The number of hydrogen-bond donors (Lipinski definition) is 0. The molecule has 1 heterocycles. The topological polar surface area (TPSA) is 66.1 Å². The molecule has 0 aliphatic heterocycles. The smallest absolute Gasteiger partial charge is 0.352 e. The highest BCUT2D eigenvalue weighted by Gasteiger charge is 2.15. The Morgan fingerprint density at radius 1 is 1.04 bits per heavy atom. The lowest BCUT2D eigenvalue weighted by molar-refractivity contribution is 0.367. The van der Waals surface area contributed by atoms with Gasteiger partial charge in [0.2, 0.25) is 0 Å². The monoisotopic (exact) mass is 345 g/mol. The van der Waals surface area contributed by atoms with Crippen molar-refractivity contribution in [3.63, 3.8) is 0 Å². The summed E-state index contributed by atoms with van der Waals surface area (Å²) in [5, 5.41) is 3.91. The summed E-state index contributed by atoms with van der Waals surface area (Å²) in [6.45, 7) is -0.249. The predicted molar refractivity (Wildman–Crippen MR) is 86.1 cm³/mol. The standard InChI is InChI=1S/C17H13F2N3O3/c1-25-15-16(23)21(10-11-7-8-13(18)14(19)9-11)17(24)22(20-15)12-5-3-2-4-6-12/h2-9H,10H2,1H3. The molecule has 0 amide bonds. The van der Waals surface area contributed by atoms with E-state index in [-0.39, 0.29) is 18.0 Å². The lowest BCUT2D eigenvalue weighted by atomic mass is 10.2. The number of ether oxygens (including phenoxy) is 1. The Kier molecular flexibility index (Phi) is 4.42. The predicted octanol–water partition coefficient (Wildman–Crippen LogP) is 1.73. The number of para-hydroxylation sites is 1. The first-order chi connectivity index (χ1) is 12.0. The van der Waals surface area contributed by atoms with Crippen LogP contribution < -0.4 is 16.0 Å².